The van der Waals surface area contributed by atoms with E-state index in [1.807, 2.05) is 238 Å². The lowest BCUT2D eigenvalue weighted by atomic mass is 10.0. The first-order valence-electron chi connectivity index (χ1n) is 48.2. The molecule has 20 rings (SSSR count). The molecule has 0 fully saturated rings. The third-order valence-electron chi connectivity index (χ3n) is 25.4. The van der Waals surface area contributed by atoms with Crippen molar-refractivity contribution in [1.82, 2.24) is 93.7 Å². The predicted octanol–water partition coefficient (Wildman–Crippen LogP) is 22.2. The van der Waals surface area contributed by atoms with Crippen molar-refractivity contribution in [2.24, 2.45) is 0 Å². The predicted molar refractivity (Wildman–Crippen MR) is 565 cm³/mol. The minimum atomic E-state index is -0.192. The monoisotopic (exact) mass is 1970 g/mol. The summed E-state index contributed by atoms with van der Waals surface area (Å²) in [5.41, 5.74) is 17.9. The van der Waals surface area contributed by atoms with E-state index >= 15 is 0 Å². The molecule has 12 aromatic carbocycles. The summed E-state index contributed by atoms with van der Waals surface area (Å²) in [6.07, 6.45) is 9.54. The molecular weight excluding hydrogens is 1870 g/mol. The van der Waals surface area contributed by atoms with Crippen molar-refractivity contribution in [3.63, 3.8) is 0 Å². The van der Waals surface area contributed by atoms with E-state index in [-0.39, 0.29) is 17.9 Å². The molecule has 0 spiro atoms. The second-order valence-electron chi connectivity index (χ2n) is 35.6. The Morgan fingerprint density at radius 3 is 1.03 bits per heavy atom. The molecule has 0 saturated heterocycles. The molecule has 0 saturated carbocycles. The van der Waals surface area contributed by atoms with Crippen LogP contribution < -0.4 is 9.64 Å². The van der Waals surface area contributed by atoms with Crippen molar-refractivity contribution in [1.29, 1.82) is 21.0 Å². The van der Waals surface area contributed by atoms with E-state index in [1.165, 1.54) is 11.6 Å². The van der Waals surface area contributed by atoms with Crippen LogP contribution in [0.1, 0.15) is 129 Å². The zero-order valence-electron chi connectivity index (χ0n) is 80.7. The number of para-hydroxylation sites is 5. The highest BCUT2D eigenvalue weighted by atomic mass is 79.9. The van der Waals surface area contributed by atoms with E-state index in [4.69, 9.17) is 45.7 Å². The number of fused-ring (bicyclic) bond motifs is 4. The van der Waals surface area contributed by atoms with Gasteiger partial charge in [0.2, 0.25) is 0 Å². The van der Waals surface area contributed by atoms with Crippen LogP contribution in [-0.4, -0.2) is 118 Å². The molecule has 8 heterocycles. The average molecular weight is 1980 g/mol. The standard InChI is InChI=1S/C31H30N6.C30H27FN6.C30H28N6O.C27H21BrN6/c1-2-29(18-24-8-4-3-5-9-24)36(21-28-17-16-27-10-6-7-11-30(27)34-28)22-31-35-33-23-37(31)20-26-14-12-25(19-32)13-15-26;1-22(16-26-7-2-4-8-28(26)31)36(19-27-15-14-25-6-3-5-9-29(25)34-27)20-30-35-33-21-37(30)18-24-12-10-23(17-32)11-13-24;1-23(21-37-28-8-3-2-4-9-28)35(19-27-16-15-26-7-5-6-10-29(26)33-27)20-30-34-32-22-36(30)18-25-13-11-24(17-31)12-14-25;28-23-10-13-25(14-11-23)33(17-24-12-9-22-3-1-2-4-26(22)31-24)18-27-32-30-19-34(27)16-21-7-5-20(15-29)6-8-21/h3-17,23,29H,2,18,20-22H2,1H3;2-15,21-22H,16,18-20H2,1H3;2-16,22-23H,18-21H2,1H3;1-14,19H,16-18H2. The van der Waals surface area contributed by atoms with Crippen LogP contribution in [-0.2, 0) is 91.4 Å². The van der Waals surface area contributed by atoms with E-state index in [0.29, 0.717) is 119 Å². The van der Waals surface area contributed by atoms with Crippen LogP contribution in [0.15, 0.2) is 382 Å². The molecule has 25 nitrogen and oxygen atoms in total. The lowest BCUT2D eigenvalue weighted by Crippen LogP contribution is -2.37. The molecule has 0 N–H and O–H groups in total. The fourth-order valence-electron chi connectivity index (χ4n) is 17.3. The van der Waals surface area contributed by atoms with E-state index in [2.05, 4.69) is 241 Å². The van der Waals surface area contributed by atoms with Gasteiger partial charge >= 0.3 is 0 Å². The second-order valence-corrected chi connectivity index (χ2v) is 36.5. The van der Waals surface area contributed by atoms with Gasteiger partial charge in [-0.1, -0.05) is 235 Å². The molecule has 0 aliphatic rings. The maximum absolute atomic E-state index is 14.5. The Balaban J connectivity index is 0.000000132. The quantitative estimate of drug-likeness (QED) is 0.0352. The Hall–Kier alpha value is -17.3. The first-order chi connectivity index (χ1) is 71.1. The zero-order chi connectivity index (χ0) is 99.8. The van der Waals surface area contributed by atoms with Gasteiger partial charge in [-0.05, 0) is 206 Å². The van der Waals surface area contributed by atoms with Gasteiger partial charge in [-0.3, -0.25) is 34.6 Å². The minimum absolute atomic E-state index is 0.0187. The Kier molecular flexibility index (Phi) is 34.0. The van der Waals surface area contributed by atoms with Crippen molar-refractivity contribution in [3.05, 3.63) is 489 Å². The summed E-state index contributed by atoms with van der Waals surface area (Å²) in [6.45, 7) is 14.5. The Bertz CT molecular complexity index is 7810. The first-order valence-corrected chi connectivity index (χ1v) is 48.9. The number of nitriles is 4. The molecule has 0 aliphatic heterocycles. The SMILES string of the molecule is CC(COc1ccccc1)N(Cc1ccc2ccccc2n1)Cc1nncn1Cc1ccc(C#N)cc1.CC(Cc1ccccc1F)N(Cc1ccc2ccccc2n1)Cc1nncn1Cc1ccc(C#N)cc1.CCC(Cc1ccccc1)N(Cc1ccc2ccccc2n1)Cc1nncn1Cc1ccc(C#N)cc1.N#Cc1ccc(Cn2cnnc2CN(Cc2ccc3ccccc3n2)c2ccc(Br)cc2)cc1. The largest absolute Gasteiger partial charge is 0.492 e. The van der Waals surface area contributed by atoms with Gasteiger partial charge < -0.3 is 27.9 Å². The zero-order valence-corrected chi connectivity index (χ0v) is 82.3. The number of aromatic nitrogens is 16. The maximum Gasteiger partial charge on any atom is 0.152 e. The molecule has 8 aromatic heterocycles. The van der Waals surface area contributed by atoms with Crippen LogP contribution in [0.5, 0.6) is 5.75 Å². The van der Waals surface area contributed by atoms with Gasteiger partial charge in [-0.2, -0.15) is 21.0 Å². The van der Waals surface area contributed by atoms with Crippen LogP contribution in [0, 0.1) is 51.1 Å². The number of hydrogen-bond acceptors (Lipinski definition) is 21. The second kappa shape index (κ2) is 49.7. The molecule has 20 aromatic rings. The molecule has 718 valence electrons. The third kappa shape index (κ3) is 27.7. The van der Waals surface area contributed by atoms with E-state index < -0.39 is 0 Å². The summed E-state index contributed by atoms with van der Waals surface area (Å²) < 4.78 is 29.8. The Morgan fingerprint density at radius 1 is 0.324 bits per heavy atom. The molecule has 0 amide bonds. The molecule has 3 atom stereocenters. The van der Waals surface area contributed by atoms with Gasteiger partial charge in [0.1, 0.15) is 61.0 Å². The topological polar surface area (TPSA) is 292 Å². The van der Waals surface area contributed by atoms with E-state index in [1.54, 1.807) is 31.4 Å². The average Bonchev–Trinajstić information content (AvgIpc) is 1.38. The van der Waals surface area contributed by atoms with Gasteiger partial charge in [-0.15, -0.1) is 40.8 Å². The van der Waals surface area contributed by atoms with E-state index in [0.717, 1.165) is 147 Å². The van der Waals surface area contributed by atoms with Gasteiger partial charge in [-0.25, -0.2) is 4.39 Å². The van der Waals surface area contributed by atoms with Crippen LogP contribution in [0.2, 0.25) is 0 Å². The Labute approximate surface area is 850 Å². The first kappa shape index (κ1) is 99.3. The fourth-order valence-corrected chi connectivity index (χ4v) is 17.6. The number of anilines is 1. The van der Waals surface area contributed by atoms with Crippen molar-refractivity contribution >= 4 is 65.2 Å². The van der Waals surface area contributed by atoms with Gasteiger partial charge in [0.05, 0.1) is 150 Å². The summed E-state index contributed by atoms with van der Waals surface area (Å²) in [6, 6.07) is 125. The summed E-state index contributed by atoms with van der Waals surface area (Å²) in [5.74, 6) is 4.09. The van der Waals surface area contributed by atoms with Gasteiger partial charge in [0.25, 0.3) is 0 Å². The van der Waals surface area contributed by atoms with Gasteiger partial charge in [0.15, 0.2) is 5.82 Å². The molecule has 0 radical (unpaired) electrons. The number of hydrogen-bond donors (Lipinski definition) is 0. The minimum Gasteiger partial charge on any atom is -0.492 e. The molecule has 0 aliphatic carbocycles. The van der Waals surface area contributed by atoms with Gasteiger partial charge in [0, 0.05) is 69.5 Å². The molecular formula is C118H106BrFN24O. The van der Waals surface area contributed by atoms with E-state index in [9.17, 15) is 4.39 Å². The number of benzene rings is 12. The third-order valence-corrected chi connectivity index (χ3v) is 25.9. The van der Waals surface area contributed by atoms with Crippen molar-refractivity contribution in [2.45, 2.75) is 137 Å². The lowest BCUT2D eigenvalue weighted by molar-refractivity contribution is 0.127. The number of rotatable bonds is 36. The Morgan fingerprint density at radius 2 is 0.655 bits per heavy atom. The lowest BCUT2D eigenvalue weighted by Gasteiger charge is -2.31. The molecule has 145 heavy (non-hydrogen) atoms. The molecule has 27 heteroatoms. The van der Waals surface area contributed by atoms with Crippen molar-refractivity contribution < 1.29 is 9.13 Å². The number of ether oxygens (including phenoxy) is 1. The smallest absolute Gasteiger partial charge is 0.152 e. The van der Waals surface area contributed by atoms with Crippen molar-refractivity contribution in [3.8, 4) is 30.0 Å². The summed E-state index contributed by atoms with van der Waals surface area (Å²) in [4.78, 5) is 28.9. The van der Waals surface area contributed by atoms with Crippen LogP contribution in [0.3, 0.4) is 0 Å². The molecule has 0 bridgehead atoms. The van der Waals surface area contributed by atoms with Crippen LogP contribution in [0.25, 0.3) is 43.6 Å². The van der Waals surface area contributed by atoms with Crippen molar-refractivity contribution in [2.75, 3.05) is 11.5 Å². The normalized spacial score (nSPS) is 11.7. The number of halogens is 2. The summed E-state index contributed by atoms with van der Waals surface area (Å²) in [5, 5.41) is 75.3. The fraction of sp³-hybridized carbons (Fsp3) is 0.186. The number of pyridine rings is 4. The highest BCUT2D eigenvalue weighted by Crippen LogP contribution is 2.29. The number of nitrogens with zero attached hydrogens (tertiary/aromatic N) is 24. The summed E-state index contributed by atoms with van der Waals surface area (Å²) >= 11 is 3.53. The highest BCUT2D eigenvalue weighted by Gasteiger charge is 2.26. The summed E-state index contributed by atoms with van der Waals surface area (Å²) in [7, 11) is 0. The maximum atomic E-state index is 14.5. The van der Waals surface area contributed by atoms with Crippen LogP contribution in [0.4, 0.5) is 10.1 Å². The van der Waals surface area contributed by atoms with Crippen LogP contribution >= 0.6 is 15.9 Å². The highest BCUT2D eigenvalue weighted by molar-refractivity contribution is 9.10. The molecule has 3 unspecified atom stereocenters.